The van der Waals surface area contributed by atoms with Gasteiger partial charge in [0, 0.05) is 11.9 Å². The standard InChI is InChI=1S/C20H29NO2/c1-15(2)14-17-18(20(17,3)4)19(22)23-13-9-5-6-10-16-11-7-8-12-21-16/h7-8,11-12,14,17-18H,5-6,9-10,13H2,1-4H3. The van der Waals surface area contributed by atoms with Gasteiger partial charge >= 0.3 is 5.97 Å². The third kappa shape index (κ3) is 4.92. The first kappa shape index (κ1) is 17.7. The quantitative estimate of drug-likeness (QED) is 0.400. The molecule has 1 aromatic rings. The molecule has 0 radical (unpaired) electrons. The molecule has 1 heterocycles. The number of aryl methyl sites for hydroxylation is 1. The van der Waals surface area contributed by atoms with E-state index in [-0.39, 0.29) is 17.3 Å². The topological polar surface area (TPSA) is 39.2 Å². The number of aromatic nitrogens is 1. The summed E-state index contributed by atoms with van der Waals surface area (Å²) in [5, 5.41) is 0. The largest absolute Gasteiger partial charge is 0.465 e. The van der Waals surface area contributed by atoms with Crippen LogP contribution < -0.4 is 0 Å². The molecule has 2 rings (SSSR count). The maximum Gasteiger partial charge on any atom is 0.310 e. The highest BCUT2D eigenvalue weighted by atomic mass is 16.5. The fourth-order valence-corrected chi connectivity index (χ4v) is 3.19. The number of carbonyl (C=O) groups excluding carboxylic acids is 1. The van der Waals surface area contributed by atoms with E-state index < -0.39 is 0 Å². The van der Waals surface area contributed by atoms with Crippen molar-refractivity contribution in [3.63, 3.8) is 0 Å². The average Bonchev–Trinajstić information content (AvgIpc) is 3.03. The number of pyridine rings is 1. The number of rotatable bonds is 8. The maximum atomic E-state index is 12.2. The molecule has 2 unspecified atom stereocenters. The highest BCUT2D eigenvalue weighted by molar-refractivity contribution is 5.78. The zero-order valence-corrected chi connectivity index (χ0v) is 14.8. The third-order valence-corrected chi connectivity index (χ3v) is 4.73. The lowest BCUT2D eigenvalue weighted by Crippen LogP contribution is -2.11. The number of hydrogen-bond donors (Lipinski definition) is 0. The van der Waals surface area contributed by atoms with Crippen LogP contribution in [0.1, 0.15) is 52.7 Å². The SMILES string of the molecule is CC(C)=CC1C(C(=O)OCCCCCc2ccccn2)C1(C)C. The van der Waals surface area contributed by atoms with Crippen molar-refractivity contribution < 1.29 is 9.53 Å². The Kier molecular flexibility index (Phi) is 5.97. The molecule has 126 valence electrons. The van der Waals surface area contributed by atoms with Gasteiger partial charge in [-0.25, -0.2) is 0 Å². The smallest absolute Gasteiger partial charge is 0.310 e. The van der Waals surface area contributed by atoms with Crippen LogP contribution in [0.4, 0.5) is 0 Å². The lowest BCUT2D eigenvalue weighted by molar-refractivity contribution is -0.146. The van der Waals surface area contributed by atoms with Gasteiger partial charge in [0.15, 0.2) is 0 Å². The van der Waals surface area contributed by atoms with E-state index >= 15 is 0 Å². The number of carbonyl (C=O) groups is 1. The second-order valence-corrected chi connectivity index (χ2v) is 7.37. The van der Waals surface area contributed by atoms with Gasteiger partial charge in [0.25, 0.3) is 0 Å². The first-order chi connectivity index (χ1) is 10.9. The van der Waals surface area contributed by atoms with Crippen LogP contribution in [0.25, 0.3) is 0 Å². The average molecular weight is 315 g/mol. The molecule has 0 spiro atoms. The fourth-order valence-electron chi connectivity index (χ4n) is 3.19. The summed E-state index contributed by atoms with van der Waals surface area (Å²) in [7, 11) is 0. The normalized spacial score (nSPS) is 21.6. The predicted molar refractivity (Wildman–Crippen MR) is 92.9 cm³/mol. The molecule has 1 aliphatic rings. The fraction of sp³-hybridized carbons (Fsp3) is 0.600. The van der Waals surface area contributed by atoms with Gasteiger partial charge in [-0.1, -0.05) is 31.6 Å². The molecule has 1 aromatic heterocycles. The van der Waals surface area contributed by atoms with Crippen LogP contribution in [0.5, 0.6) is 0 Å². The van der Waals surface area contributed by atoms with Crippen molar-refractivity contribution in [1.29, 1.82) is 0 Å². The summed E-state index contributed by atoms with van der Waals surface area (Å²) in [6, 6.07) is 6.01. The number of ether oxygens (including phenoxy) is 1. The Morgan fingerprint density at radius 1 is 1.26 bits per heavy atom. The van der Waals surface area contributed by atoms with E-state index in [1.165, 1.54) is 5.57 Å². The molecule has 1 aliphatic carbocycles. The number of hydrogen-bond acceptors (Lipinski definition) is 3. The lowest BCUT2D eigenvalue weighted by atomic mass is 10.1. The summed E-state index contributed by atoms with van der Waals surface area (Å²) in [5.41, 5.74) is 2.45. The van der Waals surface area contributed by atoms with Crippen molar-refractivity contribution in [3.8, 4) is 0 Å². The molecule has 0 aliphatic heterocycles. The van der Waals surface area contributed by atoms with Crippen LogP contribution in [-0.2, 0) is 16.0 Å². The van der Waals surface area contributed by atoms with Crippen molar-refractivity contribution in [2.45, 2.75) is 53.4 Å². The summed E-state index contributed by atoms with van der Waals surface area (Å²) in [5.74, 6) is 0.345. The van der Waals surface area contributed by atoms with E-state index in [1.807, 2.05) is 18.3 Å². The minimum atomic E-state index is -0.0257. The zero-order valence-electron chi connectivity index (χ0n) is 14.8. The Balaban J connectivity index is 1.61. The number of nitrogens with zero attached hydrogens (tertiary/aromatic N) is 1. The van der Waals surface area contributed by atoms with Gasteiger partial charge in [0.2, 0.25) is 0 Å². The third-order valence-electron chi connectivity index (χ3n) is 4.73. The zero-order chi connectivity index (χ0) is 16.9. The van der Waals surface area contributed by atoms with Crippen molar-refractivity contribution in [2.75, 3.05) is 6.61 Å². The van der Waals surface area contributed by atoms with Gasteiger partial charge in [0.1, 0.15) is 0 Å². The van der Waals surface area contributed by atoms with E-state index in [0.717, 1.165) is 31.4 Å². The highest BCUT2D eigenvalue weighted by Gasteiger charge is 2.61. The van der Waals surface area contributed by atoms with Gasteiger partial charge in [-0.3, -0.25) is 9.78 Å². The van der Waals surface area contributed by atoms with Crippen molar-refractivity contribution in [2.24, 2.45) is 17.3 Å². The van der Waals surface area contributed by atoms with E-state index in [0.29, 0.717) is 12.5 Å². The molecule has 1 saturated carbocycles. The summed E-state index contributed by atoms with van der Waals surface area (Å²) in [6.45, 7) is 9.00. The molecule has 23 heavy (non-hydrogen) atoms. The number of unbranched alkanes of at least 4 members (excludes halogenated alkanes) is 2. The molecular formula is C20H29NO2. The van der Waals surface area contributed by atoms with Crippen LogP contribution in [0.2, 0.25) is 0 Å². The summed E-state index contributed by atoms with van der Waals surface area (Å²) < 4.78 is 5.48. The van der Waals surface area contributed by atoms with Gasteiger partial charge in [-0.2, -0.15) is 0 Å². The number of esters is 1. The monoisotopic (exact) mass is 315 g/mol. The van der Waals surface area contributed by atoms with Crippen molar-refractivity contribution >= 4 is 5.97 Å². The molecule has 0 bridgehead atoms. The first-order valence-electron chi connectivity index (χ1n) is 8.64. The van der Waals surface area contributed by atoms with Gasteiger partial charge in [-0.15, -0.1) is 0 Å². The molecule has 3 heteroatoms. The Hall–Kier alpha value is -1.64. The molecular weight excluding hydrogens is 286 g/mol. The summed E-state index contributed by atoms with van der Waals surface area (Å²) in [6.07, 6.45) is 8.11. The minimum absolute atomic E-state index is 0.0257. The van der Waals surface area contributed by atoms with Crippen LogP contribution in [0, 0.1) is 17.3 Å². The first-order valence-corrected chi connectivity index (χ1v) is 8.64. The van der Waals surface area contributed by atoms with E-state index in [1.54, 1.807) is 0 Å². The second kappa shape index (κ2) is 7.76. The van der Waals surface area contributed by atoms with E-state index in [4.69, 9.17) is 4.74 Å². The Morgan fingerprint density at radius 3 is 2.70 bits per heavy atom. The van der Waals surface area contributed by atoms with Crippen LogP contribution >= 0.6 is 0 Å². The van der Waals surface area contributed by atoms with Gasteiger partial charge in [0.05, 0.1) is 12.5 Å². The molecule has 0 aromatic carbocycles. The van der Waals surface area contributed by atoms with E-state index in [9.17, 15) is 4.79 Å². The van der Waals surface area contributed by atoms with Crippen molar-refractivity contribution in [1.82, 2.24) is 4.98 Å². The Morgan fingerprint density at radius 2 is 2.04 bits per heavy atom. The maximum absolute atomic E-state index is 12.2. The Bertz CT molecular complexity index is 544. The van der Waals surface area contributed by atoms with Gasteiger partial charge < -0.3 is 4.74 Å². The molecule has 0 saturated heterocycles. The Labute approximate surface area is 140 Å². The van der Waals surface area contributed by atoms with Crippen LogP contribution in [0.15, 0.2) is 36.0 Å². The van der Waals surface area contributed by atoms with Crippen LogP contribution in [0.3, 0.4) is 0 Å². The second-order valence-electron chi connectivity index (χ2n) is 7.37. The summed E-state index contributed by atoms with van der Waals surface area (Å²) >= 11 is 0. The molecule has 3 nitrogen and oxygen atoms in total. The lowest BCUT2D eigenvalue weighted by Gasteiger charge is -2.06. The number of allylic oxidation sites excluding steroid dienone is 2. The predicted octanol–water partition coefficient (Wildman–Crippen LogP) is 4.58. The molecule has 0 N–H and O–H groups in total. The minimum Gasteiger partial charge on any atom is -0.465 e. The van der Waals surface area contributed by atoms with Crippen molar-refractivity contribution in [3.05, 3.63) is 41.7 Å². The summed E-state index contributed by atoms with van der Waals surface area (Å²) in [4.78, 5) is 16.5. The van der Waals surface area contributed by atoms with Crippen LogP contribution in [-0.4, -0.2) is 17.6 Å². The van der Waals surface area contributed by atoms with Gasteiger partial charge in [-0.05, 0) is 63.0 Å². The molecule has 1 fully saturated rings. The molecule has 2 atom stereocenters. The molecule has 0 amide bonds. The van der Waals surface area contributed by atoms with E-state index in [2.05, 4.69) is 44.8 Å². The highest BCUT2D eigenvalue weighted by Crippen LogP contribution is 2.59.